The Bertz CT molecular complexity index is 395. The zero-order valence-corrected chi connectivity index (χ0v) is 8.97. The number of nitrogens with two attached hydrogens (primary N) is 1. The zero-order chi connectivity index (χ0) is 11.5. The van der Waals surface area contributed by atoms with E-state index in [-0.39, 0.29) is 18.4 Å². The first kappa shape index (κ1) is 11.0. The molecule has 1 saturated heterocycles. The lowest BCUT2D eigenvalue weighted by Crippen LogP contribution is -2.26. The van der Waals surface area contributed by atoms with Crippen LogP contribution in [0.5, 0.6) is 0 Å². The molecule has 3 N–H and O–H groups in total. The first-order valence-electron chi connectivity index (χ1n) is 5.30. The van der Waals surface area contributed by atoms with Crippen molar-refractivity contribution in [3.05, 3.63) is 24.0 Å². The first-order chi connectivity index (χ1) is 7.76. The van der Waals surface area contributed by atoms with Gasteiger partial charge in [-0.25, -0.2) is 0 Å². The molecular formula is C11H15N3O2. The van der Waals surface area contributed by atoms with Gasteiger partial charge in [0.25, 0.3) is 0 Å². The number of amides is 1. The lowest BCUT2D eigenvalue weighted by molar-refractivity contribution is -0.117. The molecule has 86 valence electrons. The molecule has 1 aromatic heterocycles. The van der Waals surface area contributed by atoms with E-state index in [0.29, 0.717) is 25.2 Å². The Kier molecular flexibility index (Phi) is 3.17. The van der Waals surface area contributed by atoms with Gasteiger partial charge in [-0.2, -0.15) is 0 Å². The first-order valence-corrected chi connectivity index (χ1v) is 5.30. The summed E-state index contributed by atoms with van der Waals surface area (Å²) in [7, 11) is 0. The molecular weight excluding hydrogens is 206 g/mol. The van der Waals surface area contributed by atoms with Crippen LogP contribution in [0.2, 0.25) is 0 Å². The maximum atomic E-state index is 11.8. The molecule has 5 heteroatoms. The lowest BCUT2D eigenvalue weighted by atomic mass is 10.1. The minimum Gasteiger partial charge on any atom is -0.392 e. The van der Waals surface area contributed by atoms with E-state index in [9.17, 15) is 9.90 Å². The van der Waals surface area contributed by atoms with Crippen molar-refractivity contribution in [1.82, 2.24) is 4.98 Å². The number of aliphatic hydroxyl groups is 1. The maximum absolute atomic E-state index is 11.8. The molecule has 0 radical (unpaired) electrons. The monoisotopic (exact) mass is 221 g/mol. The SMILES string of the molecule is NCC1CC(=O)N(c2cnccc2CO)C1. The van der Waals surface area contributed by atoms with Gasteiger partial charge in [0.2, 0.25) is 5.91 Å². The van der Waals surface area contributed by atoms with Crippen molar-refractivity contribution in [3.8, 4) is 0 Å². The Morgan fingerprint density at radius 3 is 3.06 bits per heavy atom. The highest BCUT2D eigenvalue weighted by molar-refractivity contribution is 5.96. The van der Waals surface area contributed by atoms with Crippen molar-refractivity contribution in [2.24, 2.45) is 11.7 Å². The van der Waals surface area contributed by atoms with Crippen LogP contribution in [0.25, 0.3) is 0 Å². The second-order valence-corrected chi connectivity index (χ2v) is 3.97. The number of anilines is 1. The summed E-state index contributed by atoms with van der Waals surface area (Å²) in [5.41, 5.74) is 6.99. The van der Waals surface area contributed by atoms with Crippen LogP contribution in [0.15, 0.2) is 18.5 Å². The smallest absolute Gasteiger partial charge is 0.227 e. The molecule has 0 bridgehead atoms. The highest BCUT2D eigenvalue weighted by atomic mass is 16.3. The van der Waals surface area contributed by atoms with Gasteiger partial charge in [0, 0.05) is 24.7 Å². The Hall–Kier alpha value is -1.46. The third kappa shape index (κ3) is 1.91. The number of hydrogen-bond acceptors (Lipinski definition) is 4. The van der Waals surface area contributed by atoms with Crippen molar-refractivity contribution >= 4 is 11.6 Å². The van der Waals surface area contributed by atoms with Crippen LogP contribution in [0.4, 0.5) is 5.69 Å². The number of aliphatic hydroxyl groups excluding tert-OH is 1. The predicted molar refractivity (Wildman–Crippen MR) is 59.7 cm³/mol. The van der Waals surface area contributed by atoms with E-state index >= 15 is 0 Å². The van der Waals surface area contributed by atoms with Crippen LogP contribution >= 0.6 is 0 Å². The normalized spacial score (nSPS) is 20.5. The number of aromatic nitrogens is 1. The van der Waals surface area contributed by atoms with Crippen LogP contribution in [0.1, 0.15) is 12.0 Å². The predicted octanol–water partition coefficient (Wildman–Crippen LogP) is -0.115. The summed E-state index contributed by atoms with van der Waals surface area (Å²) in [6.45, 7) is 1.04. The summed E-state index contributed by atoms with van der Waals surface area (Å²) in [4.78, 5) is 17.4. The summed E-state index contributed by atoms with van der Waals surface area (Å²) in [6.07, 6.45) is 3.70. The van der Waals surface area contributed by atoms with Crippen molar-refractivity contribution in [2.75, 3.05) is 18.0 Å². The highest BCUT2D eigenvalue weighted by Gasteiger charge is 2.30. The maximum Gasteiger partial charge on any atom is 0.227 e. The van der Waals surface area contributed by atoms with Crippen molar-refractivity contribution in [1.29, 1.82) is 0 Å². The summed E-state index contributed by atoms with van der Waals surface area (Å²) in [5.74, 6) is 0.261. The second-order valence-electron chi connectivity index (χ2n) is 3.97. The molecule has 1 fully saturated rings. The standard InChI is InChI=1S/C11H15N3O2/c12-4-8-3-11(16)14(6-8)10-5-13-2-1-9(10)7-15/h1-2,5,8,15H,3-4,6-7,12H2. The van der Waals surface area contributed by atoms with Gasteiger partial charge in [0.15, 0.2) is 0 Å². The Morgan fingerprint density at radius 1 is 1.62 bits per heavy atom. The summed E-state index contributed by atoms with van der Waals surface area (Å²) >= 11 is 0. The molecule has 0 spiro atoms. The fourth-order valence-electron chi connectivity index (χ4n) is 1.96. The number of hydrogen-bond donors (Lipinski definition) is 2. The number of carbonyl (C=O) groups excluding carboxylic acids is 1. The minimum atomic E-state index is -0.0884. The van der Waals surface area contributed by atoms with Crippen molar-refractivity contribution in [2.45, 2.75) is 13.0 Å². The van der Waals surface area contributed by atoms with Gasteiger partial charge < -0.3 is 15.7 Å². The fourth-order valence-corrected chi connectivity index (χ4v) is 1.96. The van der Waals surface area contributed by atoms with Gasteiger partial charge in [-0.1, -0.05) is 0 Å². The Morgan fingerprint density at radius 2 is 2.44 bits per heavy atom. The van der Waals surface area contributed by atoms with E-state index in [1.54, 1.807) is 23.4 Å². The fraction of sp³-hybridized carbons (Fsp3) is 0.455. The minimum absolute atomic E-state index is 0.0538. The number of pyridine rings is 1. The third-order valence-corrected chi connectivity index (χ3v) is 2.89. The van der Waals surface area contributed by atoms with Crippen molar-refractivity contribution < 1.29 is 9.90 Å². The topological polar surface area (TPSA) is 79.5 Å². The molecule has 1 aliphatic heterocycles. The van der Waals surface area contributed by atoms with Gasteiger partial charge >= 0.3 is 0 Å². The van der Waals surface area contributed by atoms with E-state index in [2.05, 4.69) is 4.98 Å². The van der Waals surface area contributed by atoms with E-state index in [4.69, 9.17) is 5.73 Å². The van der Waals surface area contributed by atoms with Gasteiger partial charge in [0.05, 0.1) is 18.5 Å². The van der Waals surface area contributed by atoms with Crippen LogP contribution in [0, 0.1) is 5.92 Å². The average molecular weight is 221 g/mol. The van der Waals surface area contributed by atoms with E-state index in [1.807, 2.05) is 0 Å². The Labute approximate surface area is 93.9 Å². The lowest BCUT2D eigenvalue weighted by Gasteiger charge is -2.18. The van der Waals surface area contributed by atoms with Gasteiger partial charge in [-0.3, -0.25) is 9.78 Å². The van der Waals surface area contributed by atoms with Crippen LogP contribution < -0.4 is 10.6 Å². The summed E-state index contributed by atoms with van der Waals surface area (Å²) in [6, 6.07) is 1.72. The average Bonchev–Trinajstić information content (AvgIpc) is 2.70. The number of rotatable bonds is 3. The van der Waals surface area contributed by atoms with E-state index in [0.717, 1.165) is 5.56 Å². The summed E-state index contributed by atoms with van der Waals surface area (Å²) in [5, 5.41) is 9.20. The summed E-state index contributed by atoms with van der Waals surface area (Å²) < 4.78 is 0. The molecule has 1 unspecified atom stereocenters. The van der Waals surface area contributed by atoms with E-state index in [1.165, 1.54) is 0 Å². The molecule has 16 heavy (non-hydrogen) atoms. The Balaban J connectivity index is 2.27. The van der Waals surface area contributed by atoms with Gasteiger partial charge in [-0.05, 0) is 18.5 Å². The molecule has 0 aromatic carbocycles. The van der Waals surface area contributed by atoms with Gasteiger partial charge in [-0.15, -0.1) is 0 Å². The number of nitrogens with zero attached hydrogens (tertiary/aromatic N) is 2. The molecule has 1 aromatic rings. The van der Waals surface area contributed by atoms with Crippen LogP contribution in [-0.4, -0.2) is 29.1 Å². The molecule has 0 aliphatic carbocycles. The van der Waals surface area contributed by atoms with Crippen LogP contribution in [0.3, 0.4) is 0 Å². The quantitative estimate of drug-likeness (QED) is 0.746. The zero-order valence-electron chi connectivity index (χ0n) is 8.97. The van der Waals surface area contributed by atoms with Crippen LogP contribution in [-0.2, 0) is 11.4 Å². The van der Waals surface area contributed by atoms with Gasteiger partial charge in [0.1, 0.15) is 0 Å². The van der Waals surface area contributed by atoms with E-state index < -0.39 is 0 Å². The second kappa shape index (κ2) is 4.59. The molecule has 5 nitrogen and oxygen atoms in total. The largest absolute Gasteiger partial charge is 0.392 e. The third-order valence-electron chi connectivity index (χ3n) is 2.89. The molecule has 1 atom stereocenters. The highest BCUT2D eigenvalue weighted by Crippen LogP contribution is 2.26. The van der Waals surface area contributed by atoms with Crippen molar-refractivity contribution in [3.63, 3.8) is 0 Å². The molecule has 1 aliphatic rings. The molecule has 2 rings (SSSR count). The molecule has 2 heterocycles. The number of carbonyl (C=O) groups is 1. The molecule has 1 amide bonds. The molecule has 0 saturated carbocycles.